The number of hydrogen-bond donors (Lipinski definition) is 0. The van der Waals surface area contributed by atoms with Crippen molar-refractivity contribution < 1.29 is 52.4 Å². The minimum atomic E-state index is -0.722. The number of hydrogen-bond acceptors (Lipinski definition) is 11. The lowest BCUT2D eigenvalue weighted by Crippen LogP contribution is -2.29. The Balaban J connectivity index is 1.54. The smallest absolute Gasteiger partial charge is 0.342 e. The largest absolute Gasteiger partial charge is 0.466 e. The minimum absolute atomic E-state index is 0.00715. The van der Waals surface area contributed by atoms with Gasteiger partial charge >= 0.3 is 29.8 Å². The van der Waals surface area contributed by atoms with Gasteiger partial charge in [-0.3, -0.25) is 19.2 Å². The number of ether oxygens (including phenoxy) is 6. The molecule has 11 nitrogen and oxygen atoms in total. The van der Waals surface area contributed by atoms with Gasteiger partial charge in [0.15, 0.2) is 0 Å². The molecule has 2 saturated carbocycles. The van der Waals surface area contributed by atoms with Crippen LogP contribution in [0.25, 0.3) is 0 Å². The van der Waals surface area contributed by atoms with Crippen LogP contribution in [-0.2, 0) is 38.1 Å². The second kappa shape index (κ2) is 17.6. The van der Waals surface area contributed by atoms with Gasteiger partial charge in [0, 0.05) is 14.0 Å². The van der Waals surface area contributed by atoms with Crippen LogP contribution in [0.4, 0.5) is 0 Å². The van der Waals surface area contributed by atoms with Crippen LogP contribution in [0.5, 0.6) is 11.5 Å². The molecule has 1 aromatic rings. The van der Waals surface area contributed by atoms with Crippen LogP contribution in [0, 0.1) is 23.7 Å². The van der Waals surface area contributed by atoms with Gasteiger partial charge in [-0.25, -0.2) is 4.79 Å². The minimum Gasteiger partial charge on any atom is -0.466 e. The summed E-state index contributed by atoms with van der Waals surface area (Å²) in [4.78, 5) is 61.9. The lowest BCUT2D eigenvalue weighted by Gasteiger charge is -2.26. The Bertz CT molecular complexity index is 1100. The van der Waals surface area contributed by atoms with Crippen molar-refractivity contribution in [2.75, 3.05) is 33.5 Å². The van der Waals surface area contributed by atoms with Gasteiger partial charge in [0.2, 0.25) is 0 Å². The quantitative estimate of drug-likeness (QED) is 0.125. The zero-order valence-corrected chi connectivity index (χ0v) is 25.4. The number of carbonyl (C=O) groups is 5. The Morgan fingerprint density at radius 2 is 1.23 bits per heavy atom. The third kappa shape index (κ3) is 11.3. The van der Waals surface area contributed by atoms with Crippen molar-refractivity contribution in [3.05, 3.63) is 23.8 Å². The predicted octanol–water partition coefficient (Wildman–Crippen LogP) is 4.82. The molecule has 0 aliphatic heterocycles. The molecule has 0 radical (unpaired) electrons. The van der Waals surface area contributed by atoms with E-state index in [1.165, 1.54) is 32.2 Å². The summed E-state index contributed by atoms with van der Waals surface area (Å²) in [7, 11) is 1.49. The van der Waals surface area contributed by atoms with E-state index >= 15 is 0 Å². The number of esters is 5. The second-order valence-corrected chi connectivity index (χ2v) is 11.3. The normalized spacial score (nSPS) is 21.7. The van der Waals surface area contributed by atoms with Gasteiger partial charge in [-0.15, -0.1) is 0 Å². The van der Waals surface area contributed by atoms with Crippen LogP contribution < -0.4 is 9.47 Å². The Morgan fingerprint density at radius 1 is 0.674 bits per heavy atom. The molecule has 238 valence electrons. The first-order valence-corrected chi connectivity index (χ1v) is 15.2. The molecule has 0 heterocycles. The van der Waals surface area contributed by atoms with Gasteiger partial charge < -0.3 is 28.4 Å². The molecule has 0 unspecified atom stereocenters. The molecule has 2 aliphatic rings. The molecule has 0 aromatic heterocycles. The fourth-order valence-corrected chi connectivity index (χ4v) is 5.28. The number of methoxy groups -OCH3 is 1. The number of benzene rings is 1. The van der Waals surface area contributed by atoms with Crippen LogP contribution in [0.15, 0.2) is 18.2 Å². The van der Waals surface area contributed by atoms with Crippen molar-refractivity contribution in [2.24, 2.45) is 23.7 Å². The standard InChI is InChI=1S/C32H44O11/c1-21-6-8-24(9-7-21)31(36)43-28-15-14-26(20-27(28)32(37)41-19-18-38-3)42-30(35)25-12-10-23(11-13-25)29(34)40-17-5-4-16-39-22(2)33/h14-15,20-21,23-25H,4-13,16-19H2,1-3H3. The average Bonchev–Trinajstić information content (AvgIpc) is 2.99. The van der Waals surface area contributed by atoms with Gasteiger partial charge in [-0.2, -0.15) is 0 Å². The highest BCUT2D eigenvalue weighted by Crippen LogP contribution is 2.33. The molecule has 2 fully saturated rings. The highest BCUT2D eigenvalue weighted by Gasteiger charge is 2.32. The lowest BCUT2D eigenvalue weighted by molar-refractivity contribution is -0.152. The Hall–Kier alpha value is -3.47. The van der Waals surface area contributed by atoms with Crippen LogP contribution in [0.1, 0.15) is 88.4 Å². The van der Waals surface area contributed by atoms with Crippen LogP contribution in [-0.4, -0.2) is 63.4 Å². The topological polar surface area (TPSA) is 141 Å². The molecule has 0 atom stereocenters. The third-order valence-electron chi connectivity index (χ3n) is 7.95. The van der Waals surface area contributed by atoms with E-state index < -0.39 is 17.9 Å². The van der Waals surface area contributed by atoms with E-state index in [4.69, 9.17) is 28.4 Å². The van der Waals surface area contributed by atoms with Crippen molar-refractivity contribution in [3.63, 3.8) is 0 Å². The van der Waals surface area contributed by atoms with E-state index in [2.05, 4.69) is 6.92 Å². The zero-order valence-electron chi connectivity index (χ0n) is 25.4. The zero-order chi connectivity index (χ0) is 31.2. The third-order valence-corrected chi connectivity index (χ3v) is 7.95. The molecule has 0 amide bonds. The van der Waals surface area contributed by atoms with E-state index in [0.717, 1.165) is 25.7 Å². The first-order valence-electron chi connectivity index (χ1n) is 15.2. The molecule has 0 bridgehead atoms. The summed E-state index contributed by atoms with van der Waals surface area (Å²) in [6.07, 6.45) is 6.50. The van der Waals surface area contributed by atoms with Crippen LogP contribution >= 0.6 is 0 Å². The van der Waals surface area contributed by atoms with Gasteiger partial charge in [-0.05, 0) is 88.3 Å². The molecule has 1 aromatic carbocycles. The van der Waals surface area contributed by atoms with Gasteiger partial charge in [0.25, 0.3) is 0 Å². The number of carbonyl (C=O) groups excluding carboxylic acids is 5. The molecule has 3 rings (SSSR count). The molecule has 0 spiro atoms. The Labute approximate surface area is 252 Å². The molecule has 2 aliphatic carbocycles. The highest BCUT2D eigenvalue weighted by atomic mass is 16.6. The summed E-state index contributed by atoms with van der Waals surface area (Å²) < 4.78 is 31.7. The summed E-state index contributed by atoms with van der Waals surface area (Å²) in [5.74, 6) is -2.36. The van der Waals surface area contributed by atoms with E-state index in [0.29, 0.717) is 51.0 Å². The van der Waals surface area contributed by atoms with Crippen molar-refractivity contribution in [3.8, 4) is 11.5 Å². The summed E-state index contributed by atoms with van der Waals surface area (Å²) >= 11 is 0. The maximum absolute atomic E-state index is 13.0. The first kappa shape index (κ1) is 34.0. The van der Waals surface area contributed by atoms with Crippen LogP contribution in [0.2, 0.25) is 0 Å². The molecular formula is C32H44O11. The van der Waals surface area contributed by atoms with Crippen molar-refractivity contribution in [1.29, 1.82) is 0 Å². The summed E-state index contributed by atoms with van der Waals surface area (Å²) in [5.41, 5.74) is -0.0155. The van der Waals surface area contributed by atoms with Crippen molar-refractivity contribution >= 4 is 29.8 Å². The fraction of sp³-hybridized carbons (Fsp3) is 0.656. The fourth-order valence-electron chi connectivity index (χ4n) is 5.28. The average molecular weight is 605 g/mol. The summed E-state index contributed by atoms with van der Waals surface area (Å²) in [5, 5.41) is 0. The van der Waals surface area contributed by atoms with E-state index in [1.54, 1.807) is 0 Å². The monoisotopic (exact) mass is 604 g/mol. The molecule has 43 heavy (non-hydrogen) atoms. The highest BCUT2D eigenvalue weighted by molar-refractivity contribution is 5.94. The van der Waals surface area contributed by atoms with Crippen molar-refractivity contribution in [1.82, 2.24) is 0 Å². The van der Waals surface area contributed by atoms with Gasteiger partial charge in [-0.1, -0.05) is 6.92 Å². The van der Waals surface area contributed by atoms with E-state index in [-0.39, 0.29) is 66.6 Å². The molecule has 11 heteroatoms. The summed E-state index contributed by atoms with van der Waals surface area (Å²) in [6.45, 7) is 4.26. The number of rotatable bonds is 14. The van der Waals surface area contributed by atoms with Crippen LogP contribution in [0.3, 0.4) is 0 Å². The molecule has 0 N–H and O–H groups in total. The van der Waals surface area contributed by atoms with Gasteiger partial charge in [0.1, 0.15) is 23.7 Å². The Morgan fingerprint density at radius 3 is 1.84 bits per heavy atom. The first-order chi connectivity index (χ1) is 20.7. The molecule has 0 saturated heterocycles. The second-order valence-electron chi connectivity index (χ2n) is 11.3. The maximum atomic E-state index is 13.0. The predicted molar refractivity (Wildman–Crippen MR) is 153 cm³/mol. The van der Waals surface area contributed by atoms with Gasteiger partial charge in [0.05, 0.1) is 37.6 Å². The maximum Gasteiger partial charge on any atom is 0.342 e. The Kier molecular flexibility index (Phi) is 13.9. The van der Waals surface area contributed by atoms with Crippen molar-refractivity contribution in [2.45, 2.75) is 78.1 Å². The van der Waals surface area contributed by atoms with E-state index in [9.17, 15) is 24.0 Å². The van der Waals surface area contributed by atoms with E-state index in [1.807, 2.05) is 0 Å². The number of unbranched alkanes of at least 4 members (excludes halogenated alkanes) is 1. The lowest BCUT2D eigenvalue weighted by atomic mass is 9.82. The summed E-state index contributed by atoms with van der Waals surface area (Å²) in [6, 6.07) is 4.28. The molecular weight excluding hydrogens is 560 g/mol. The SMILES string of the molecule is COCCOC(=O)c1cc(OC(=O)C2CCC(C(=O)OCCCCOC(C)=O)CC2)ccc1OC(=O)C1CCC(C)CC1.